The summed E-state index contributed by atoms with van der Waals surface area (Å²) in [4.78, 5) is 18.5. The highest BCUT2D eigenvalue weighted by atomic mass is 32.2. The van der Waals surface area contributed by atoms with Gasteiger partial charge in [-0.1, -0.05) is 25.6 Å². The predicted octanol–water partition coefficient (Wildman–Crippen LogP) is 1.77. The van der Waals surface area contributed by atoms with Crippen molar-refractivity contribution in [3.05, 3.63) is 5.82 Å². The van der Waals surface area contributed by atoms with E-state index >= 15 is 0 Å². The normalized spacial score (nSPS) is 14.8. The minimum atomic E-state index is 0.112. The van der Waals surface area contributed by atoms with Crippen molar-refractivity contribution in [2.24, 2.45) is 10.9 Å². The fourth-order valence-corrected chi connectivity index (χ4v) is 3.73. The van der Waals surface area contributed by atoms with Gasteiger partial charge in [-0.15, -0.1) is 10.2 Å². The Hall–Kier alpha value is -1.77. The Balaban J connectivity index is 1.81. The molecule has 1 amide bonds. The highest BCUT2D eigenvalue weighted by molar-refractivity contribution is 7.98. The summed E-state index contributed by atoms with van der Waals surface area (Å²) in [5.41, 5.74) is 0. The number of carbonyl (C=O) groups excluding carboxylic acids is 1. The van der Waals surface area contributed by atoms with Crippen molar-refractivity contribution >= 4 is 23.6 Å². The fourth-order valence-electron chi connectivity index (χ4n) is 3.21. The molecule has 2 heterocycles. The van der Waals surface area contributed by atoms with Crippen LogP contribution in [0.2, 0.25) is 0 Å². The Morgan fingerprint density at radius 1 is 1.25 bits per heavy atom. The standard InChI is InChI=1S/C19H35N7OS/c1-5-20-18(22-13-17(27)25-11-6-7-12-25)21-10-8-9-16-23-24-19(28-4)26(16)14-15(2)3/h15H,5-14H2,1-4H3,(H2,20,21,22). The van der Waals surface area contributed by atoms with E-state index in [1.54, 1.807) is 11.8 Å². The van der Waals surface area contributed by atoms with Crippen LogP contribution in [0.3, 0.4) is 0 Å². The Morgan fingerprint density at radius 3 is 2.64 bits per heavy atom. The van der Waals surface area contributed by atoms with Gasteiger partial charge in [0.05, 0.1) is 0 Å². The first-order valence-electron chi connectivity index (χ1n) is 10.3. The topological polar surface area (TPSA) is 87.4 Å². The maximum atomic E-state index is 12.2. The summed E-state index contributed by atoms with van der Waals surface area (Å²) in [6.45, 7) is 10.9. The number of aryl methyl sites for hydroxylation is 1. The lowest BCUT2D eigenvalue weighted by atomic mass is 10.2. The second kappa shape index (κ2) is 11.9. The molecule has 0 aromatic carbocycles. The Morgan fingerprint density at radius 2 is 2.00 bits per heavy atom. The van der Waals surface area contributed by atoms with E-state index in [1.165, 1.54) is 0 Å². The summed E-state index contributed by atoms with van der Waals surface area (Å²) in [6.07, 6.45) is 6.03. The number of hydrogen-bond acceptors (Lipinski definition) is 5. The summed E-state index contributed by atoms with van der Waals surface area (Å²) in [5, 5.41) is 16.2. The van der Waals surface area contributed by atoms with Gasteiger partial charge in [-0.05, 0) is 38.4 Å². The van der Waals surface area contributed by atoms with Crippen molar-refractivity contribution in [2.45, 2.75) is 58.2 Å². The van der Waals surface area contributed by atoms with E-state index in [2.05, 4.69) is 44.2 Å². The van der Waals surface area contributed by atoms with Gasteiger partial charge < -0.3 is 20.1 Å². The number of guanidine groups is 1. The molecule has 158 valence electrons. The molecular weight excluding hydrogens is 374 g/mol. The maximum absolute atomic E-state index is 12.2. The van der Waals surface area contributed by atoms with Gasteiger partial charge in [-0.3, -0.25) is 4.79 Å². The molecule has 0 spiro atoms. The van der Waals surface area contributed by atoms with Gasteiger partial charge in [-0.2, -0.15) is 0 Å². The van der Waals surface area contributed by atoms with Crippen LogP contribution in [0.1, 0.15) is 45.9 Å². The number of nitrogens with one attached hydrogen (secondary N) is 2. The third-order valence-corrected chi connectivity index (χ3v) is 5.24. The SMILES string of the molecule is CCNC(=NCC(=O)N1CCCC1)NCCCc1nnc(SC)n1CC(C)C. The molecule has 8 nitrogen and oxygen atoms in total. The third-order valence-electron chi connectivity index (χ3n) is 4.57. The minimum absolute atomic E-state index is 0.112. The van der Waals surface area contributed by atoms with Crippen LogP contribution < -0.4 is 10.6 Å². The van der Waals surface area contributed by atoms with E-state index in [-0.39, 0.29) is 12.5 Å². The molecule has 0 atom stereocenters. The van der Waals surface area contributed by atoms with Gasteiger partial charge in [0.15, 0.2) is 11.1 Å². The summed E-state index contributed by atoms with van der Waals surface area (Å²) in [7, 11) is 0. The molecule has 0 saturated carbocycles. The highest BCUT2D eigenvalue weighted by Crippen LogP contribution is 2.16. The first kappa shape index (κ1) is 22.5. The van der Waals surface area contributed by atoms with Crippen LogP contribution in [-0.4, -0.2) is 70.5 Å². The average Bonchev–Trinajstić information content (AvgIpc) is 3.33. The number of rotatable bonds is 10. The highest BCUT2D eigenvalue weighted by Gasteiger charge is 2.17. The lowest BCUT2D eigenvalue weighted by Crippen LogP contribution is -2.39. The van der Waals surface area contributed by atoms with Gasteiger partial charge in [0, 0.05) is 39.1 Å². The van der Waals surface area contributed by atoms with E-state index in [0.717, 1.165) is 69.4 Å². The predicted molar refractivity (Wildman–Crippen MR) is 115 cm³/mol. The second-order valence-electron chi connectivity index (χ2n) is 7.42. The Bertz CT molecular complexity index is 638. The van der Waals surface area contributed by atoms with Crippen LogP contribution in [0.15, 0.2) is 10.1 Å². The van der Waals surface area contributed by atoms with Crippen LogP contribution in [0.4, 0.5) is 0 Å². The molecule has 9 heteroatoms. The molecule has 0 unspecified atom stereocenters. The molecule has 1 fully saturated rings. The molecule has 0 bridgehead atoms. The van der Waals surface area contributed by atoms with E-state index in [4.69, 9.17) is 0 Å². The average molecular weight is 410 g/mol. The van der Waals surface area contributed by atoms with Crippen molar-refractivity contribution in [3.63, 3.8) is 0 Å². The molecule has 0 radical (unpaired) electrons. The van der Waals surface area contributed by atoms with Crippen molar-refractivity contribution in [3.8, 4) is 0 Å². The second-order valence-corrected chi connectivity index (χ2v) is 8.19. The van der Waals surface area contributed by atoms with Crippen LogP contribution in [0, 0.1) is 5.92 Å². The largest absolute Gasteiger partial charge is 0.357 e. The zero-order valence-corrected chi connectivity index (χ0v) is 18.5. The maximum Gasteiger partial charge on any atom is 0.244 e. The van der Waals surface area contributed by atoms with Crippen LogP contribution >= 0.6 is 11.8 Å². The van der Waals surface area contributed by atoms with E-state index in [9.17, 15) is 4.79 Å². The molecule has 2 rings (SSSR count). The van der Waals surface area contributed by atoms with Crippen LogP contribution in [-0.2, 0) is 17.8 Å². The van der Waals surface area contributed by atoms with Gasteiger partial charge in [-0.25, -0.2) is 4.99 Å². The number of nitrogens with zero attached hydrogens (tertiary/aromatic N) is 5. The Kier molecular flexibility index (Phi) is 9.60. The lowest BCUT2D eigenvalue weighted by Gasteiger charge is -2.15. The summed E-state index contributed by atoms with van der Waals surface area (Å²) in [6, 6.07) is 0. The molecule has 1 aliphatic rings. The third kappa shape index (κ3) is 7.00. The van der Waals surface area contributed by atoms with E-state index < -0.39 is 0 Å². The quantitative estimate of drug-likeness (QED) is 0.265. The van der Waals surface area contributed by atoms with E-state index in [1.807, 2.05) is 18.1 Å². The molecule has 1 aromatic rings. The number of carbonyl (C=O) groups is 1. The van der Waals surface area contributed by atoms with E-state index in [0.29, 0.717) is 11.9 Å². The zero-order chi connectivity index (χ0) is 20.4. The number of aliphatic imine (C=N–C) groups is 1. The van der Waals surface area contributed by atoms with Gasteiger partial charge in [0.1, 0.15) is 12.4 Å². The molecular formula is C19H35N7OS. The smallest absolute Gasteiger partial charge is 0.244 e. The molecule has 2 N–H and O–H groups in total. The molecule has 1 aromatic heterocycles. The summed E-state index contributed by atoms with van der Waals surface area (Å²) < 4.78 is 2.23. The fraction of sp³-hybridized carbons (Fsp3) is 0.789. The number of amides is 1. The molecule has 1 aliphatic heterocycles. The van der Waals surface area contributed by atoms with Gasteiger partial charge >= 0.3 is 0 Å². The summed E-state index contributed by atoms with van der Waals surface area (Å²) in [5.74, 6) is 2.40. The van der Waals surface area contributed by atoms with Crippen molar-refractivity contribution in [1.29, 1.82) is 0 Å². The van der Waals surface area contributed by atoms with Crippen LogP contribution in [0.25, 0.3) is 0 Å². The molecule has 1 saturated heterocycles. The van der Waals surface area contributed by atoms with Crippen molar-refractivity contribution in [1.82, 2.24) is 30.3 Å². The first-order valence-corrected chi connectivity index (χ1v) is 11.5. The van der Waals surface area contributed by atoms with Crippen LogP contribution in [0.5, 0.6) is 0 Å². The summed E-state index contributed by atoms with van der Waals surface area (Å²) >= 11 is 1.64. The van der Waals surface area contributed by atoms with Gasteiger partial charge in [0.25, 0.3) is 0 Å². The van der Waals surface area contributed by atoms with Crippen molar-refractivity contribution in [2.75, 3.05) is 39.0 Å². The number of aromatic nitrogens is 3. The zero-order valence-electron chi connectivity index (χ0n) is 17.7. The van der Waals surface area contributed by atoms with Crippen molar-refractivity contribution < 1.29 is 4.79 Å². The van der Waals surface area contributed by atoms with Gasteiger partial charge in [0.2, 0.25) is 5.91 Å². The number of thioether (sulfide) groups is 1. The number of hydrogen-bond donors (Lipinski definition) is 2. The lowest BCUT2D eigenvalue weighted by molar-refractivity contribution is -0.128. The minimum Gasteiger partial charge on any atom is -0.357 e. The Labute approximate surface area is 172 Å². The number of likely N-dealkylation sites (tertiary alicyclic amines) is 1. The molecule has 28 heavy (non-hydrogen) atoms. The molecule has 0 aliphatic carbocycles. The monoisotopic (exact) mass is 409 g/mol. The first-order chi connectivity index (χ1) is 13.5.